The van der Waals surface area contributed by atoms with Crippen LogP contribution in [-0.2, 0) is 0 Å². The Bertz CT molecular complexity index is 1560. The van der Waals surface area contributed by atoms with Crippen molar-refractivity contribution in [2.45, 2.75) is 19.8 Å². The molecular weight excluding hydrogens is 398 g/mol. The number of fused-ring (bicyclic) bond motifs is 3. The highest BCUT2D eigenvalue weighted by Gasteiger charge is 2.18. The molecule has 6 rings (SSSR count). The zero-order valence-electron chi connectivity index (χ0n) is 18.9. The zero-order valence-corrected chi connectivity index (χ0v) is 18.9. The van der Waals surface area contributed by atoms with E-state index in [1.54, 1.807) is 0 Å². The Labute approximate surface area is 194 Å². The molecule has 158 valence electrons. The molecule has 0 radical (unpaired) electrons. The third-order valence-electron chi connectivity index (χ3n) is 6.75. The van der Waals surface area contributed by atoms with E-state index in [2.05, 4.69) is 116 Å². The first-order valence-corrected chi connectivity index (χ1v) is 11.6. The molecule has 5 aromatic carbocycles. The maximum Gasteiger partial charge on any atom is 0.0353 e. The third kappa shape index (κ3) is 3.20. The van der Waals surface area contributed by atoms with E-state index in [1.165, 1.54) is 60.1 Å². The van der Waals surface area contributed by atoms with Crippen LogP contribution in [-0.4, -0.2) is 4.98 Å². The molecule has 6 aromatic rings. The predicted molar refractivity (Wildman–Crippen MR) is 142 cm³/mol. The second-order valence-electron chi connectivity index (χ2n) is 9.02. The standard InChI is InChI=1S/C32H25N/c1-21(2)22-14-16-24(17-15-22)31-27-11-5-6-12-28(27)32(29-18-19-33-20-30(29)31)26-13-7-9-23-8-3-4-10-25(23)26/h3-21H,1-2H3. The topological polar surface area (TPSA) is 12.9 Å². The molecule has 1 aromatic heterocycles. The number of hydrogen-bond acceptors (Lipinski definition) is 1. The third-order valence-corrected chi connectivity index (χ3v) is 6.75. The van der Waals surface area contributed by atoms with Crippen LogP contribution in [0.25, 0.3) is 54.6 Å². The van der Waals surface area contributed by atoms with E-state index in [-0.39, 0.29) is 0 Å². The summed E-state index contributed by atoms with van der Waals surface area (Å²) in [6.07, 6.45) is 3.94. The summed E-state index contributed by atoms with van der Waals surface area (Å²) in [5.41, 5.74) is 6.40. The average Bonchev–Trinajstić information content (AvgIpc) is 2.87. The van der Waals surface area contributed by atoms with Crippen LogP contribution in [0.1, 0.15) is 25.3 Å². The van der Waals surface area contributed by atoms with Crippen LogP contribution >= 0.6 is 0 Å². The lowest BCUT2D eigenvalue weighted by atomic mass is 9.85. The normalized spacial score (nSPS) is 11.6. The number of rotatable bonds is 3. The van der Waals surface area contributed by atoms with Crippen molar-refractivity contribution >= 4 is 32.3 Å². The molecular formula is C32H25N. The average molecular weight is 424 g/mol. The molecule has 0 N–H and O–H groups in total. The smallest absolute Gasteiger partial charge is 0.0353 e. The zero-order chi connectivity index (χ0) is 22.4. The summed E-state index contributed by atoms with van der Waals surface area (Å²) in [5.74, 6) is 0.517. The van der Waals surface area contributed by atoms with Crippen molar-refractivity contribution in [3.63, 3.8) is 0 Å². The van der Waals surface area contributed by atoms with Crippen LogP contribution in [0.3, 0.4) is 0 Å². The summed E-state index contributed by atoms with van der Waals surface area (Å²) < 4.78 is 0. The first-order chi connectivity index (χ1) is 16.2. The molecule has 0 aliphatic heterocycles. The summed E-state index contributed by atoms with van der Waals surface area (Å²) in [6, 6.07) is 35.3. The monoisotopic (exact) mass is 423 g/mol. The fourth-order valence-corrected chi connectivity index (χ4v) is 5.10. The molecule has 1 nitrogen and oxygen atoms in total. The molecule has 0 atom stereocenters. The van der Waals surface area contributed by atoms with Gasteiger partial charge in [-0.2, -0.15) is 0 Å². The maximum atomic E-state index is 4.55. The minimum Gasteiger partial charge on any atom is -0.264 e. The summed E-state index contributed by atoms with van der Waals surface area (Å²) in [5, 5.41) is 7.50. The highest BCUT2D eigenvalue weighted by atomic mass is 14.6. The molecule has 33 heavy (non-hydrogen) atoms. The fraction of sp³-hybridized carbons (Fsp3) is 0.0938. The Morgan fingerprint density at radius 1 is 0.545 bits per heavy atom. The lowest BCUT2D eigenvalue weighted by Gasteiger charge is -2.18. The van der Waals surface area contributed by atoms with Gasteiger partial charge in [0, 0.05) is 17.8 Å². The van der Waals surface area contributed by atoms with E-state index in [9.17, 15) is 0 Å². The van der Waals surface area contributed by atoms with Crippen molar-refractivity contribution in [3.05, 3.63) is 115 Å². The van der Waals surface area contributed by atoms with Gasteiger partial charge < -0.3 is 0 Å². The van der Waals surface area contributed by atoms with Gasteiger partial charge in [0.1, 0.15) is 0 Å². The van der Waals surface area contributed by atoms with Crippen LogP contribution in [0, 0.1) is 0 Å². The predicted octanol–water partition coefficient (Wildman–Crippen LogP) is 9.00. The highest BCUT2D eigenvalue weighted by Crippen LogP contribution is 2.44. The molecule has 0 fully saturated rings. The van der Waals surface area contributed by atoms with Gasteiger partial charge in [-0.3, -0.25) is 4.98 Å². The molecule has 1 heterocycles. The van der Waals surface area contributed by atoms with Gasteiger partial charge in [-0.1, -0.05) is 105 Å². The molecule has 0 saturated carbocycles. The van der Waals surface area contributed by atoms with Gasteiger partial charge in [0.25, 0.3) is 0 Å². The van der Waals surface area contributed by atoms with Crippen LogP contribution in [0.15, 0.2) is 109 Å². The lowest BCUT2D eigenvalue weighted by molar-refractivity contribution is 0.867. The Morgan fingerprint density at radius 3 is 1.94 bits per heavy atom. The number of nitrogens with zero attached hydrogens (tertiary/aromatic N) is 1. The summed E-state index contributed by atoms with van der Waals surface area (Å²) in [6.45, 7) is 4.48. The fourth-order valence-electron chi connectivity index (χ4n) is 5.10. The van der Waals surface area contributed by atoms with Gasteiger partial charge >= 0.3 is 0 Å². The quantitative estimate of drug-likeness (QED) is 0.259. The molecule has 0 saturated heterocycles. The van der Waals surface area contributed by atoms with E-state index < -0.39 is 0 Å². The largest absolute Gasteiger partial charge is 0.264 e. The molecule has 0 spiro atoms. The van der Waals surface area contributed by atoms with Gasteiger partial charge in [0.15, 0.2) is 0 Å². The van der Waals surface area contributed by atoms with E-state index in [0.717, 1.165) is 0 Å². The van der Waals surface area contributed by atoms with Crippen molar-refractivity contribution in [3.8, 4) is 22.3 Å². The second-order valence-corrected chi connectivity index (χ2v) is 9.02. The molecule has 0 bridgehead atoms. The Morgan fingerprint density at radius 2 is 1.18 bits per heavy atom. The number of aromatic nitrogens is 1. The maximum absolute atomic E-state index is 4.55. The van der Waals surface area contributed by atoms with E-state index in [1.807, 2.05) is 12.4 Å². The minimum atomic E-state index is 0.517. The van der Waals surface area contributed by atoms with Gasteiger partial charge in [0.2, 0.25) is 0 Å². The molecule has 0 unspecified atom stereocenters. The first-order valence-electron chi connectivity index (χ1n) is 11.6. The van der Waals surface area contributed by atoms with Gasteiger partial charge in [-0.15, -0.1) is 0 Å². The Kier molecular flexibility index (Phi) is 4.69. The minimum absolute atomic E-state index is 0.517. The van der Waals surface area contributed by atoms with Crippen LogP contribution < -0.4 is 0 Å². The Balaban J connectivity index is 1.76. The number of hydrogen-bond donors (Lipinski definition) is 0. The number of pyridine rings is 1. The lowest BCUT2D eigenvalue weighted by Crippen LogP contribution is -1.93. The second kappa shape index (κ2) is 7.86. The van der Waals surface area contributed by atoms with Crippen molar-refractivity contribution in [2.75, 3.05) is 0 Å². The summed E-state index contributed by atoms with van der Waals surface area (Å²) in [7, 11) is 0. The van der Waals surface area contributed by atoms with Crippen molar-refractivity contribution in [2.24, 2.45) is 0 Å². The van der Waals surface area contributed by atoms with Gasteiger partial charge in [0.05, 0.1) is 0 Å². The van der Waals surface area contributed by atoms with Crippen molar-refractivity contribution in [1.82, 2.24) is 4.98 Å². The van der Waals surface area contributed by atoms with Crippen LogP contribution in [0.2, 0.25) is 0 Å². The molecule has 1 heteroatoms. The molecule has 0 aliphatic rings. The van der Waals surface area contributed by atoms with E-state index in [0.29, 0.717) is 5.92 Å². The van der Waals surface area contributed by atoms with E-state index >= 15 is 0 Å². The van der Waals surface area contributed by atoms with Crippen LogP contribution in [0.4, 0.5) is 0 Å². The highest BCUT2D eigenvalue weighted by molar-refractivity contribution is 6.23. The Hall–Kier alpha value is -3.97. The van der Waals surface area contributed by atoms with E-state index in [4.69, 9.17) is 0 Å². The van der Waals surface area contributed by atoms with Crippen molar-refractivity contribution in [1.29, 1.82) is 0 Å². The van der Waals surface area contributed by atoms with Gasteiger partial charge in [-0.05, 0) is 66.7 Å². The number of benzene rings is 5. The van der Waals surface area contributed by atoms with Crippen LogP contribution in [0.5, 0.6) is 0 Å². The van der Waals surface area contributed by atoms with Gasteiger partial charge in [-0.25, -0.2) is 0 Å². The first kappa shape index (κ1) is 19.7. The molecule has 0 amide bonds. The SMILES string of the molecule is CC(C)c1ccc(-c2c3ccccc3c(-c3cccc4ccccc34)c3ccncc23)cc1. The molecule has 0 aliphatic carbocycles. The van der Waals surface area contributed by atoms with Crippen molar-refractivity contribution < 1.29 is 0 Å². The summed E-state index contributed by atoms with van der Waals surface area (Å²) in [4.78, 5) is 4.55. The summed E-state index contributed by atoms with van der Waals surface area (Å²) >= 11 is 0.